The smallest absolute Gasteiger partial charge is 0.0556 e. The predicted molar refractivity (Wildman–Crippen MR) is 263 cm³/mol. The van der Waals surface area contributed by atoms with E-state index in [1.54, 1.807) is 0 Å². The molecular formula is C57H44N2S2. The van der Waals surface area contributed by atoms with Crippen molar-refractivity contribution in [2.24, 2.45) is 0 Å². The van der Waals surface area contributed by atoms with E-state index in [-0.39, 0.29) is 5.41 Å². The number of hydrogen-bond donors (Lipinski definition) is 0. The van der Waals surface area contributed by atoms with Crippen LogP contribution in [0.1, 0.15) is 47.2 Å². The monoisotopic (exact) mass is 820 g/mol. The molecule has 0 atom stereocenters. The van der Waals surface area contributed by atoms with Gasteiger partial charge in [-0.3, -0.25) is 0 Å². The highest BCUT2D eigenvalue weighted by molar-refractivity contribution is 8.00. The molecule has 0 bridgehead atoms. The molecule has 0 saturated carbocycles. The lowest BCUT2D eigenvalue weighted by atomic mass is 9.81. The molecule has 0 radical (unpaired) electrons. The second-order valence-electron chi connectivity index (χ2n) is 16.8. The van der Waals surface area contributed by atoms with Gasteiger partial charge < -0.3 is 9.80 Å². The SMILES string of the molecule is CN1c2ccccc2Sc2ccc(-c3ccc(C=Cc4ccc5c(c4)C(C)(C)c4cc(C=Cc6ccc(-c7ccc8c(c7)N(C)c7ccccc7S8)cc6)ccc4-5)cc3)cc21. The van der Waals surface area contributed by atoms with Gasteiger partial charge in [0.05, 0.1) is 22.7 Å². The lowest BCUT2D eigenvalue weighted by Crippen LogP contribution is -2.15. The third-order valence-corrected chi connectivity index (χ3v) is 14.9. The topological polar surface area (TPSA) is 6.48 Å². The standard InChI is InChI=1S/C57H44N2S2/c1-57(2)47-33-39(15-13-37-17-23-41(24-18-37)43-27-31-55-51(35-43)58(3)49-9-5-7-11-53(49)60-55)21-29-45(47)46-30-22-40(34-48(46)57)16-14-38-19-25-42(26-20-38)44-28-32-56-52(36-44)59(4)50-10-6-8-12-54(50)61-56/h5-36H,1-4H3. The van der Waals surface area contributed by atoms with Crippen LogP contribution >= 0.6 is 23.5 Å². The van der Waals surface area contributed by atoms with Crippen LogP contribution in [-0.2, 0) is 5.41 Å². The molecule has 0 amide bonds. The van der Waals surface area contributed by atoms with E-state index in [2.05, 4.69) is 232 Å². The maximum atomic E-state index is 2.38. The molecule has 0 N–H and O–H groups in total. The fourth-order valence-corrected chi connectivity index (χ4v) is 11.4. The summed E-state index contributed by atoms with van der Waals surface area (Å²) in [4.78, 5) is 9.81. The minimum absolute atomic E-state index is 0.102. The molecule has 0 unspecified atom stereocenters. The first-order chi connectivity index (χ1) is 29.8. The van der Waals surface area contributed by atoms with E-state index < -0.39 is 0 Å². The van der Waals surface area contributed by atoms with Gasteiger partial charge in [-0.25, -0.2) is 0 Å². The Morgan fingerprint density at radius 3 is 1.16 bits per heavy atom. The minimum Gasteiger partial charge on any atom is -0.343 e. The van der Waals surface area contributed by atoms with Gasteiger partial charge >= 0.3 is 0 Å². The van der Waals surface area contributed by atoms with Crippen molar-refractivity contribution in [3.63, 3.8) is 0 Å². The van der Waals surface area contributed by atoms with Crippen LogP contribution < -0.4 is 9.80 Å². The maximum absolute atomic E-state index is 2.38. The predicted octanol–water partition coefficient (Wildman–Crippen LogP) is 16.1. The Hall–Kier alpha value is -6.46. The van der Waals surface area contributed by atoms with Gasteiger partial charge in [0.2, 0.25) is 0 Å². The average Bonchev–Trinajstić information content (AvgIpc) is 3.52. The van der Waals surface area contributed by atoms with Crippen LogP contribution in [-0.4, -0.2) is 14.1 Å². The molecule has 0 saturated heterocycles. The minimum atomic E-state index is -0.102. The lowest BCUT2D eigenvalue weighted by molar-refractivity contribution is 0.660. The van der Waals surface area contributed by atoms with Crippen LogP contribution in [0.25, 0.3) is 57.7 Å². The van der Waals surface area contributed by atoms with Crippen molar-refractivity contribution >= 4 is 70.6 Å². The van der Waals surface area contributed by atoms with Gasteiger partial charge in [0, 0.05) is 39.1 Å². The summed E-state index contributed by atoms with van der Waals surface area (Å²) in [7, 11) is 4.33. The number of fused-ring (bicyclic) bond motifs is 7. The molecule has 8 aromatic carbocycles. The molecule has 11 rings (SSSR count). The summed E-state index contributed by atoms with van der Waals surface area (Å²) in [5.41, 5.74) is 20.1. The van der Waals surface area contributed by atoms with Gasteiger partial charge in [0.15, 0.2) is 0 Å². The van der Waals surface area contributed by atoms with Gasteiger partial charge in [0.25, 0.3) is 0 Å². The largest absolute Gasteiger partial charge is 0.343 e. The van der Waals surface area contributed by atoms with E-state index in [0.717, 1.165) is 0 Å². The second-order valence-corrected chi connectivity index (χ2v) is 18.9. The number of anilines is 4. The molecular weight excluding hydrogens is 777 g/mol. The zero-order chi connectivity index (χ0) is 41.2. The summed E-state index contributed by atoms with van der Waals surface area (Å²) in [6.45, 7) is 4.73. The molecule has 0 spiro atoms. The van der Waals surface area contributed by atoms with Crippen molar-refractivity contribution in [3.8, 4) is 33.4 Å². The van der Waals surface area contributed by atoms with E-state index in [0.29, 0.717) is 0 Å². The number of nitrogens with zero attached hydrogens (tertiary/aromatic N) is 2. The molecule has 2 nitrogen and oxygen atoms in total. The highest BCUT2D eigenvalue weighted by atomic mass is 32.2. The summed E-state index contributed by atoms with van der Waals surface area (Å²) in [5.74, 6) is 0. The summed E-state index contributed by atoms with van der Waals surface area (Å²) in [5, 5.41) is 0. The number of hydrogen-bond acceptors (Lipinski definition) is 4. The first-order valence-corrected chi connectivity index (χ1v) is 22.6. The molecule has 8 aromatic rings. The summed E-state index contributed by atoms with van der Waals surface area (Å²) in [6, 6.07) is 62.7. The zero-order valence-electron chi connectivity index (χ0n) is 34.7. The quantitative estimate of drug-likeness (QED) is 0.154. The summed E-state index contributed by atoms with van der Waals surface area (Å²) in [6.07, 6.45) is 8.96. The average molecular weight is 821 g/mol. The fraction of sp³-hybridized carbons (Fsp3) is 0.0877. The van der Waals surface area contributed by atoms with Crippen molar-refractivity contribution in [2.45, 2.75) is 38.8 Å². The molecule has 61 heavy (non-hydrogen) atoms. The molecule has 1 aliphatic carbocycles. The highest BCUT2D eigenvalue weighted by Crippen LogP contribution is 2.51. The van der Waals surface area contributed by atoms with Gasteiger partial charge in [-0.15, -0.1) is 0 Å². The molecule has 0 aromatic heterocycles. The lowest BCUT2D eigenvalue weighted by Gasteiger charge is -2.29. The van der Waals surface area contributed by atoms with Crippen LogP contribution in [0.5, 0.6) is 0 Å². The fourth-order valence-electron chi connectivity index (χ4n) is 9.17. The van der Waals surface area contributed by atoms with Crippen molar-refractivity contribution in [1.29, 1.82) is 0 Å². The van der Waals surface area contributed by atoms with Crippen LogP contribution in [0.15, 0.2) is 189 Å². The van der Waals surface area contributed by atoms with Crippen LogP contribution in [0.3, 0.4) is 0 Å². The number of benzene rings is 8. The molecule has 4 heteroatoms. The van der Waals surface area contributed by atoms with E-state index in [1.807, 2.05) is 23.5 Å². The van der Waals surface area contributed by atoms with E-state index >= 15 is 0 Å². The van der Waals surface area contributed by atoms with Crippen LogP contribution in [0.4, 0.5) is 22.7 Å². The number of para-hydroxylation sites is 2. The molecule has 3 aliphatic rings. The molecule has 0 fully saturated rings. The Morgan fingerprint density at radius 2 is 0.721 bits per heavy atom. The Labute approximate surface area is 367 Å². The van der Waals surface area contributed by atoms with Gasteiger partial charge in [-0.05, 0) is 115 Å². The van der Waals surface area contributed by atoms with Crippen molar-refractivity contribution in [2.75, 3.05) is 23.9 Å². The molecule has 2 aliphatic heterocycles. The first-order valence-electron chi connectivity index (χ1n) is 20.9. The van der Waals surface area contributed by atoms with Crippen molar-refractivity contribution in [3.05, 3.63) is 203 Å². The summed E-state index contributed by atoms with van der Waals surface area (Å²) >= 11 is 3.70. The normalized spacial score (nSPS) is 14.4. The van der Waals surface area contributed by atoms with Crippen molar-refractivity contribution in [1.82, 2.24) is 0 Å². The van der Waals surface area contributed by atoms with E-state index in [9.17, 15) is 0 Å². The van der Waals surface area contributed by atoms with E-state index in [1.165, 1.54) is 109 Å². The second kappa shape index (κ2) is 14.9. The van der Waals surface area contributed by atoms with Gasteiger partial charge in [-0.1, -0.05) is 183 Å². The highest BCUT2D eigenvalue weighted by Gasteiger charge is 2.35. The Morgan fingerprint density at radius 1 is 0.361 bits per heavy atom. The zero-order valence-corrected chi connectivity index (χ0v) is 36.3. The molecule has 2 heterocycles. The summed E-state index contributed by atoms with van der Waals surface area (Å²) < 4.78 is 0. The van der Waals surface area contributed by atoms with Crippen LogP contribution in [0, 0.1) is 0 Å². The first kappa shape index (κ1) is 37.5. The maximum Gasteiger partial charge on any atom is 0.0556 e. The Balaban J connectivity index is 0.770. The van der Waals surface area contributed by atoms with Gasteiger partial charge in [0.1, 0.15) is 0 Å². The van der Waals surface area contributed by atoms with Gasteiger partial charge in [-0.2, -0.15) is 0 Å². The van der Waals surface area contributed by atoms with Crippen LogP contribution in [0.2, 0.25) is 0 Å². The Bertz CT molecular complexity index is 2870. The number of rotatable bonds is 6. The third kappa shape index (κ3) is 6.71. The van der Waals surface area contributed by atoms with Crippen molar-refractivity contribution < 1.29 is 0 Å². The third-order valence-electron chi connectivity index (χ3n) is 12.7. The van der Waals surface area contributed by atoms with E-state index in [4.69, 9.17) is 0 Å². The Kier molecular flexibility index (Phi) is 9.18. The molecule has 294 valence electrons.